The van der Waals surface area contributed by atoms with Crippen LogP contribution in [0.15, 0.2) is 0 Å². The zero-order valence-corrected chi connectivity index (χ0v) is 27.4. The van der Waals surface area contributed by atoms with E-state index in [1.807, 2.05) is 0 Å². The number of hydrogen-bond acceptors (Lipinski definition) is 21. The Kier molecular flexibility index (Phi) is 14.8. The fraction of sp³-hybridized carbons (Fsp3) is 0.929. The van der Waals surface area contributed by atoms with Gasteiger partial charge in [-0.1, -0.05) is 0 Å². The summed E-state index contributed by atoms with van der Waals surface area (Å²) in [5, 5.41) is 129. The van der Waals surface area contributed by atoms with Gasteiger partial charge in [-0.3, -0.25) is 9.59 Å². The predicted molar refractivity (Wildman–Crippen MR) is 157 cm³/mol. The lowest BCUT2D eigenvalue weighted by Gasteiger charge is -2.50. The number of carbonyl (C=O) groups excluding carboxylic acids is 2. The van der Waals surface area contributed by atoms with Gasteiger partial charge in [-0.25, -0.2) is 0 Å². The summed E-state index contributed by atoms with van der Waals surface area (Å²) in [6.45, 7) is -1.25. The lowest BCUT2D eigenvalue weighted by Crippen LogP contribution is -2.70. The summed E-state index contributed by atoms with van der Waals surface area (Å²) in [6, 6.07) is -3.02. The largest absolute Gasteiger partial charge is 0.394 e. The van der Waals surface area contributed by atoms with Crippen LogP contribution < -0.4 is 10.6 Å². The van der Waals surface area contributed by atoms with Crippen LogP contribution in [0, 0.1) is 0 Å². The Labute approximate surface area is 289 Å². The number of hydrogen-bond donors (Lipinski definition) is 14. The highest BCUT2D eigenvalue weighted by molar-refractivity contribution is 5.73. The molecule has 4 rings (SSSR count). The second-order valence-electron chi connectivity index (χ2n) is 12.6. The number of aliphatic hydroxyl groups is 12. The minimum absolute atomic E-state index is 0.656. The average molecular weight is 749 g/mol. The first-order valence-corrected chi connectivity index (χ1v) is 16.1. The van der Waals surface area contributed by atoms with Gasteiger partial charge in [0.15, 0.2) is 25.2 Å². The molecule has 2 amide bonds. The third kappa shape index (κ3) is 9.11. The van der Waals surface area contributed by atoms with Gasteiger partial charge in [0, 0.05) is 13.8 Å². The highest BCUT2D eigenvalue weighted by Crippen LogP contribution is 2.34. The molecule has 23 heteroatoms. The topological polar surface area (TPSA) is 366 Å². The van der Waals surface area contributed by atoms with E-state index in [2.05, 4.69) is 10.6 Å². The van der Waals surface area contributed by atoms with Crippen LogP contribution in [0.1, 0.15) is 13.8 Å². The van der Waals surface area contributed by atoms with Gasteiger partial charge in [0.05, 0.1) is 26.4 Å². The van der Waals surface area contributed by atoms with Crippen molar-refractivity contribution in [1.29, 1.82) is 0 Å². The van der Waals surface area contributed by atoms with Crippen LogP contribution in [0.3, 0.4) is 0 Å². The molecule has 51 heavy (non-hydrogen) atoms. The number of rotatable bonds is 12. The minimum Gasteiger partial charge on any atom is -0.394 e. The molecule has 23 nitrogen and oxygen atoms in total. The van der Waals surface area contributed by atoms with Crippen LogP contribution in [-0.4, -0.2) is 222 Å². The molecule has 0 aromatic carbocycles. The number of aliphatic hydroxyl groups excluding tert-OH is 12. The van der Waals surface area contributed by atoms with E-state index in [4.69, 9.17) is 33.2 Å². The molecule has 0 aromatic heterocycles. The summed E-state index contributed by atoms with van der Waals surface area (Å²) in [4.78, 5) is 23.9. The smallest absolute Gasteiger partial charge is 0.217 e. The summed E-state index contributed by atoms with van der Waals surface area (Å²) in [7, 11) is 0. The molecule has 0 aromatic rings. The molecule has 14 N–H and O–H groups in total. The lowest BCUT2D eigenvalue weighted by molar-refractivity contribution is -0.378. The van der Waals surface area contributed by atoms with Gasteiger partial charge >= 0.3 is 0 Å². The quantitative estimate of drug-likeness (QED) is 0.0881. The Balaban J connectivity index is 1.52. The Morgan fingerprint density at radius 1 is 0.471 bits per heavy atom. The van der Waals surface area contributed by atoms with Crippen molar-refractivity contribution in [3.05, 3.63) is 0 Å². The summed E-state index contributed by atoms with van der Waals surface area (Å²) < 4.78 is 39.1. The fourth-order valence-corrected chi connectivity index (χ4v) is 6.36. The second kappa shape index (κ2) is 18.0. The molecule has 0 radical (unpaired) electrons. The normalized spacial score (nSPS) is 47.8. The van der Waals surface area contributed by atoms with Gasteiger partial charge in [0.2, 0.25) is 11.8 Å². The first kappa shape index (κ1) is 41.9. The van der Waals surface area contributed by atoms with Crippen molar-refractivity contribution in [2.75, 3.05) is 26.4 Å². The first-order valence-electron chi connectivity index (χ1n) is 16.1. The van der Waals surface area contributed by atoms with E-state index in [0.29, 0.717) is 0 Å². The van der Waals surface area contributed by atoms with Crippen LogP contribution in [0.5, 0.6) is 0 Å². The number of carbonyl (C=O) groups is 2. The Bertz CT molecular complexity index is 1140. The van der Waals surface area contributed by atoms with Crippen LogP contribution in [0.2, 0.25) is 0 Å². The maximum Gasteiger partial charge on any atom is 0.217 e. The average Bonchev–Trinajstić information content (AvgIpc) is 3.09. The SMILES string of the molecule is CC(=O)N[C@@H]1[C@@H](O)[C@H](O[C@@H]2O[C@H](CO)[C@@H](O[C@H]3O[C@H](CO)[C@@H](O[C@@H]4O[C@H](CO)[C@@H](O)[C@H](O)[C@@H]4O)[C@H](O)[C@@H]3O)[C@H](O)[C@H]2NC(C)=O)[C@@H](CO)O[C@H]1O. The van der Waals surface area contributed by atoms with E-state index >= 15 is 0 Å². The van der Waals surface area contributed by atoms with E-state index in [9.17, 15) is 70.9 Å². The van der Waals surface area contributed by atoms with E-state index in [1.165, 1.54) is 0 Å². The van der Waals surface area contributed by atoms with Crippen LogP contribution in [-0.2, 0) is 42.7 Å². The molecule has 0 unspecified atom stereocenters. The fourth-order valence-electron chi connectivity index (χ4n) is 6.36. The van der Waals surface area contributed by atoms with Crippen molar-refractivity contribution in [3.8, 4) is 0 Å². The number of amides is 2. The molecule has 0 aliphatic carbocycles. The minimum atomic E-state index is -2.04. The molecule has 4 fully saturated rings. The first-order chi connectivity index (χ1) is 24.1. The van der Waals surface area contributed by atoms with Crippen molar-refractivity contribution in [2.45, 2.75) is 137 Å². The molecular weight excluding hydrogens is 700 g/mol. The maximum atomic E-state index is 12.2. The van der Waals surface area contributed by atoms with Crippen molar-refractivity contribution in [2.24, 2.45) is 0 Å². The molecule has 0 saturated carbocycles. The van der Waals surface area contributed by atoms with Crippen LogP contribution in [0.25, 0.3) is 0 Å². The van der Waals surface area contributed by atoms with E-state index in [1.54, 1.807) is 0 Å². The Morgan fingerprint density at radius 3 is 1.33 bits per heavy atom. The third-order valence-corrected chi connectivity index (χ3v) is 9.01. The molecule has 4 heterocycles. The summed E-state index contributed by atoms with van der Waals surface area (Å²) in [5.41, 5.74) is 0. The number of nitrogens with one attached hydrogen (secondary N) is 2. The van der Waals surface area contributed by atoms with Crippen molar-refractivity contribution in [3.63, 3.8) is 0 Å². The van der Waals surface area contributed by atoms with Gasteiger partial charge in [-0.15, -0.1) is 0 Å². The van der Waals surface area contributed by atoms with Crippen molar-refractivity contribution < 1.29 is 104 Å². The zero-order valence-electron chi connectivity index (χ0n) is 27.4. The Morgan fingerprint density at radius 2 is 0.843 bits per heavy atom. The van der Waals surface area contributed by atoms with Crippen molar-refractivity contribution >= 4 is 11.8 Å². The van der Waals surface area contributed by atoms with Gasteiger partial charge < -0.3 is 105 Å². The maximum absolute atomic E-state index is 12.2. The number of ether oxygens (including phenoxy) is 7. The zero-order chi connectivity index (χ0) is 37.9. The van der Waals surface area contributed by atoms with E-state index in [-0.39, 0.29) is 0 Å². The molecular formula is C28H48N2O21. The van der Waals surface area contributed by atoms with Crippen LogP contribution in [0.4, 0.5) is 0 Å². The standard InChI is InChI=1S/C28H48N2O21/c1-7(35)29-13-16(38)22(10(4-32)45-25(13)44)49-26-14(30-8(2)36)17(39)23(11(5-33)47-26)50-28-21(43)19(41)24(12(6-34)48-28)51-27-20(42)18(40)15(37)9(3-31)46-27/h9-28,31-34,37-44H,3-6H2,1-2H3,(H,29,35)(H,30,36)/t9-,10-,11-,12-,13-,14-,15-,16-,17-,18+,19-,20+,21+,22-,23-,24-,25-,26+,27+,28-/m1/s1. The van der Waals surface area contributed by atoms with Crippen molar-refractivity contribution in [1.82, 2.24) is 10.6 Å². The molecule has 20 atom stereocenters. The lowest BCUT2D eigenvalue weighted by atomic mass is 9.94. The monoisotopic (exact) mass is 748 g/mol. The molecule has 0 bridgehead atoms. The Hall–Kier alpha value is -1.82. The highest BCUT2D eigenvalue weighted by atomic mass is 16.8. The molecule has 0 spiro atoms. The van der Waals surface area contributed by atoms with Gasteiger partial charge in [-0.05, 0) is 0 Å². The van der Waals surface area contributed by atoms with Gasteiger partial charge in [0.25, 0.3) is 0 Å². The van der Waals surface area contributed by atoms with Gasteiger partial charge in [0.1, 0.15) is 97.5 Å². The summed E-state index contributed by atoms with van der Waals surface area (Å²) >= 11 is 0. The molecule has 4 aliphatic rings. The predicted octanol–water partition coefficient (Wildman–Crippen LogP) is -9.46. The third-order valence-electron chi connectivity index (χ3n) is 9.01. The van der Waals surface area contributed by atoms with Crippen LogP contribution >= 0.6 is 0 Å². The highest BCUT2D eigenvalue weighted by Gasteiger charge is 2.55. The summed E-state index contributed by atoms with van der Waals surface area (Å²) in [5.74, 6) is -1.39. The molecule has 4 aliphatic heterocycles. The molecule has 296 valence electrons. The van der Waals surface area contributed by atoms with E-state index in [0.717, 1.165) is 13.8 Å². The molecule has 4 saturated heterocycles. The second-order valence-corrected chi connectivity index (χ2v) is 12.6. The summed E-state index contributed by atoms with van der Waals surface area (Å²) in [6.07, 6.45) is -31.1. The van der Waals surface area contributed by atoms with Gasteiger partial charge in [-0.2, -0.15) is 0 Å². The van der Waals surface area contributed by atoms with E-state index < -0.39 is 161 Å².